The van der Waals surface area contributed by atoms with E-state index in [2.05, 4.69) is 32.4 Å². The summed E-state index contributed by atoms with van der Waals surface area (Å²) in [6.45, 7) is 3.42. The van der Waals surface area contributed by atoms with E-state index in [1.807, 2.05) is 29.0 Å². The van der Waals surface area contributed by atoms with Gasteiger partial charge in [-0.15, -0.1) is 11.3 Å². The number of piperidine rings is 1. The van der Waals surface area contributed by atoms with Crippen molar-refractivity contribution in [2.45, 2.75) is 56.8 Å². The quantitative estimate of drug-likeness (QED) is 0.300. The summed E-state index contributed by atoms with van der Waals surface area (Å²) in [4.78, 5) is 16.4. The SMILES string of the molecule is O[C@@H]1[C@H](O)[C@@H](C2CCN(CC3CC3)CC2)C[C@H]1n1cc(-c2nc(Cc3ccccc3)cs2)c2cnc(Cl)nc21. The van der Waals surface area contributed by atoms with Gasteiger partial charge in [-0.2, -0.15) is 4.98 Å². The van der Waals surface area contributed by atoms with Crippen LogP contribution in [-0.4, -0.2) is 66.5 Å². The van der Waals surface area contributed by atoms with E-state index in [0.717, 1.165) is 66.3 Å². The van der Waals surface area contributed by atoms with E-state index in [4.69, 9.17) is 16.6 Å². The molecule has 3 aromatic heterocycles. The van der Waals surface area contributed by atoms with Crippen molar-refractivity contribution in [2.24, 2.45) is 17.8 Å². The van der Waals surface area contributed by atoms with E-state index in [0.29, 0.717) is 11.6 Å². The number of hydrogen-bond donors (Lipinski definition) is 2. The minimum absolute atomic E-state index is 0.0728. The maximum absolute atomic E-state index is 11.3. The van der Waals surface area contributed by atoms with Gasteiger partial charge in [0, 0.05) is 41.7 Å². The summed E-state index contributed by atoms with van der Waals surface area (Å²) in [5, 5.41) is 26.5. The van der Waals surface area contributed by atoms with Gasteiger partial charge in [0.1, 0.15) is 16.8 Å². The molecular formula is C30H34ClN5O2S. The molecule has 4 aromatic rings. The van der Waals surface area contributed by atoms with Crippen molar-refractivity contribution < 1.29 is 10.2 Å². The molecule has 9 heteroatoms. The molecule has 2 N–H and O–H groups in total. The van der Waals surface area contributed by atoms with E-state index in [1.165, 1.54) is 24.9 Å². The van der Waals surface area contributed by atoms with E-state index in [-0.39, 0.29) is 17.2 Å². The average molecular weight is 564 g/mol. The molecule has 3 aliphatic rings. The fraction of sp³-hybridized carbons (Fsp3) is 0.500. The van der Waals surface area contributed by atoms with Crippen molar-refractivity contribution in [3.05, 3.63) is 64.6 Å². The number of aliphatic hydroxyl groups is 2. The molecule has 1 aliphatic heterocycles. The number of halogens is 1. The summed E-state index contributed by atoms with van der Waals surface area (Å²) in [5.74, 6) is 1.40. The van der Waals surface area contributed by atoms with Crippen LogP contribution in [0, 0.1) is 17.8 Å². The van der Waals surface area contributed by atoms with Gasteiger partial charge in [-0.05, 0) is 80.1 Å². The highest BCUT2D eigenvalue weighted by Gasteiger charge is 2.46. The predicted octanol–water partition coefficient (Wildman–Crippen LogP) is 5.20. The van der Waals surface area contributed by atoms with Crippen molar-refractivity contribution in [2.75, 3.05) is 19.6 Å². The zero-order valence-electron chi connectivity index (χ0n) is 21.9. The van der Waals surface area contributed by atoms with E-state index in [1.54, 1.807) is 17.5 Å². The number of likely N-dealkylation sites (tertiary alicyclic amines) is 1. The van der Waals surface area contributed by atoms with Crippen molar-refractivity contribution >= 4 is 34.0 Å². The Labute approximate surface area is 237 Å². The second kappa shape index (κ2) is 10.6. The molecule has 39 heavy (non-hydrogen) atoms. The second-order valence-electron chi connectivity index (χ2n) is 11.7. The Hall–Kier alpha value is -2.36. The molecule has 3 fully saturated rings. The Morgan fingerprint density at radius 1 is 1.00 bits per heavy atom. The zero-order chi connectivity index (χ0) is 26.5. The average Bonchev–Trinajstić information content (AvgIpc) is 3.39. The number of benzene rings is 1. The number of thiazole rings is 1. The molecule has 204 valence electrons. The lowest BCUT2D eigenvalue weighted by Crippen LogP contribution is -2.40. The third-order valence-corrected chi connectivity index (χ3v) is 10.2. The molecule has 0 radical (unpaired) electrons. The second-order valence-corrected chi connectivity index (χ2v) is 12.9. The van der Waals surface area contributed by atoms with Gasteiger partial charge in [-0.25, -0.2) is 9.97 Å². The molecule has 0 amide bonds. The topological polar surface area (TPSA) is 87.3 Å². The fourth-order valence-corrected chi connectivity index (χ4v) is 7.74. The van der Waals surface area contributed by atoms with Gasteiger partial charge in [-0.3, -0.25) is 0 Å². The number of hydrogen-bond acceptors (Lipinski definition) is 7. The fourth-order valence-electron chi connectivity index (χ4n) is 6.77. The van der Waals surface area contributed by atoms with Crippen LogP contribution in [-0.2, 0) is 6.42 Å². The highest BCUT2D eigenvalue weighted by Crippen LogP contribution is 2.45. The van der Waals surface area contributed by atoms with Gasteiger partial charge in [-0.1, -0.05) is 30.3 Å². The molecule has 2 aliphatic carbocycles. The van der Waals surface area contributed by atoms with Gasteiger partial charge in [0.25, 0.3) is 0 Å². The van der Waals surface area contributed by atoms with Crippen LogP contribution < -0.4 is 0 Å². The largest absolute Gasteiger partial charge is 0.390 e. The number of nitrogens with zero attached hydrogens (tertiary/aromatic N) is 5. The predicted molar refractivity (Wildman–Crippen MR) is 154 cm³/mol. The Kier molecular flexibility index (Phi) is 6.93. The molecular weight excluding hydrogens is 530 g/mol. The van der Waals surface area contributed by atoms with Crippen LogP contribution in [0.5, 0.6) is 0 Å². The molecule has 0 unspecified atom stereocenters. The molecule has 1 aromatic carbocycles. The van der Waals surface area contributed by atoms with Crippen LogP contribution in [0.1, 0.15) is 49.4 Å². The Bertz CT molecular complexity index is 1450. The Morgan fingerprint density at radius 3 is 2.56 bits per heavy atom. The lowest BCUT2D eigenvalue weighted by Gasteiger charge is -2.36. The smallest absolute Gasteiger partial charge is 0.224 e. The van der Waals surface area contributed by atoms with E-state index < -0.39 is 12.2 Å². The van der Waals surface area contributed by atoms with Crippen molar-refractivity contribution in [1.29, 1.82) is 0 Å². The molecule has 7 rings (SSSR count). The molecule has 4 atom stereocenters. The highest BCUT2D eigenvalue weighted by atomic mass is 35.5. The molecule has 0 bridgehead atoms. The summed E-state index contributed by atoms with van der Waals surface area (Å²) in [5.41, 5.74) is 3.85. The van der Waals surface area contributed by atoms with Gasteiger partial charge in [0.2, 0.25) is 5.28 Å². The third kappa shape index (κ3) is 5.13. The minimum atomic E-state index is -0.860. The van der Waals surface area contributed by atoms with Crippen molar-refractivity contribution in [3.8, 4) is 10.6 Å². The first-order valence-electron chi connectivity index (χ1n) is 14.1. The van der Waals surface area contributed by atoms with E-state index >= 15 is 0 Å². The van der Waals surface area contributed by atoms with Gasteiger partial charge >= 0.3 is 0 Å². The first-order valence-corrected chi connectivity index (χ1v) is 15.4. The van der Waals surface area contributed by atoms with Crippen LogP contribution in [0.25, 0.3) is 21.6 Å². The number of aromatic nitrogens is 4. The molecule has 1 saturated heterocycles. The minimum Gasteiger partial charge on any atom is -0.390 e. The van der Waals surface area contributed by atoms with Crippen molar-refractivity contribution in [1.82, 2.24) is 24.4 Å². The standard InChI is InChI=1S/C30H34ClN5O2S/c31-30-32-14-23-24(29-33-21(17-39-29)12-18-4-2-1-3-5-18)16-36(28(23)34-30)25-13-22(26(37)27(25)38)20-8-10-35(11-9-20)15-19-6-7-19/h1-5,14,16-17,19-20,22,25-27,37-38H,6-13,15H2/t22-,25-,26-,27+/m1/s1. The van der Waals surface area contributed by atoms with Crippen LogP contribution in [0.3, 0.4) is 0 Å². The van der Waals surface area contributed by atoms with Crippen LogP contribution >= 0.6 is 22.9 Å². The van der Waals surface area contributed by atoms with Crippen molar-refractivity contribution in [3.63, 3.8) is 0 Å². The normalized spacial score (nSPS) is 26.5. The molecule has 4 heterocycles. The lowest BCUT2D eigenvalue weighted by molar-refractivity contribution is -0.0124. The summed E-state index contributed by atoms with van der Waals surface area (Å²) >= 11 is 7.85. The number of rotatable bonds is 7. The first kappa shape index (κ1) is 25.6. The van der Waals surface area contributed by atoms with Crippen LogP contribution in [0.4, 0.5) is 0 Å². The summed E-state index contributed by atoms with van der Waals surface area (Å²) in [7, 11) is 0. The molecule has 7 nitrogen and oxygen atoms in total. The monoisotopic (exact) mass is 563 g/mol. The zero-order valence-corrected chi connectivity index (χ0v) is 23.4. The van der Waals surface area contributed by atoms with Gasteiger partial charge < -0.3 is 19.7 Å². The number of aliphatic hydroxyl groups excluding tert-OH is 2. The van der Waals surface area contributed by atoms with E-state index in [9.17, 15) is 10.2 Å². The lowest BCUT2D eigenvalue weighted by atomic mass is 9.82. The summed E-state index contributed by atoms with van der Waals surface area (Å²) in [6, 6.07) is 10.1. The van der Waals surface area contributed by atoms with Crippen LogP contribution in [0.15, 0.2) is 48.1 Å². The Balaban J connectivity index is 1.15. The Morgan fingerprint density at radius 2 is 1.79 bits per heavy atom. The summed E-state index contributed by atoms with van der Waals surface area (Å²) < 4.78 is 2.02. The van der Waals surface area contributed by atoms with Gasteiger partial charge in [0.15, 0.2) is 0 Å². The molecule has 2 saturated carbocycles. The maximum atomic E-state index is 11.3. The van der Waals surface area contributed by atoms with Gasteiger partial charge in [0.05, 0.1) is 17.8 Å². The molecule has 0 spiro atoms. The third-order valence-electron chi connectivity index (χ3n) is 9.06. The highest BCUT2D eigenvalue weighted by molar-refractivity contribution is 7.13. The summed E-state index contributed by atoms with van der Waals surface area (Å²) in [6.07, 6.45) is 8.60. The number of fused-ring (bicyclic) bond motifs is 1. The van der Waals surface area contributed by atoms with Crippen LogP contribution in [0.2, 0.25) is 5.28 Å². The maximum Gasteiger partial charge on any atom is 0.224 e. The first-order chi connectivity index (χ1) is 19.0.